The maximum atomic E-state index is 13.5. The number of amides is 1. The number of anilines is 1. The predicted molar refractivity (Wildman–Crippen MR) is 110 cm³/mol. The lowest BCUT2D eigenvalue weighted by atomic mass is 10.2. The Morgan fingerprint density at radius 3 is 2.67 bits per heavy atom. The first-order valence-electron chi connectivity index (χ1n) is 8.38. The molecule has 0 unspecified atom stereocenters. The number of fused-ring (bicyclic) bond motifs is 1. The molecule has 1 aromatic carbocycles. The van der Waals surface area contributed by atoms with Gasteiger partial charge in [-0.15, -0.1) is 12.4 Å². The van der Waals surface area contributed by atoms with E-state index in [1.54, 1.807) is 28.9 Å². The Morgan fingerprint density at radius 1 is 1.30 bits per heavy atom. The van der Waals surface area contributed by atoms with E-state index in [0.717, 1.165) is 23.2 Å². The van der Waals surface area contributed by atoms with E-state index in [4.69, 9.17) is 0 Å². The highest BCUT2D eigenvalue weighted by atomic mass is 35.5. The van der Waals surface area contributed by atoms with Crippen LogP contribution in [-0.2, 0) is 7.05 Å². The second kappa shape index (κ2) is 8.77. The van der Waals surface area contributed by atoms with Crippen molar-refractivity contribution < 1.29 is 9.18 Å². The molecule has 0 aliphatic heterocycles. The first-order valence-corrected chi connectivity index (χ1v) is 9.19. The standard InChI is InChI=1S/C18H22FN5OS.ClH/c1-12-11-20-23(4)16(12)17(25)24(9-5-8-22(2)3)18-21-14-7-6-13(19)10-15(14)26-18;/h6-7,10-11H,5,8-9H2,1-4H3;1H. The van der Waals surface area contributed by atoms with Crippen LogP contribution in [0.15, 0.2) is 24.4 Å². The van der Waals surface area contributed by atoms with Gasteiger partial charge in [0.25, 0.3) is 5.91 Å². The molecule has 0 saturated heterocycles. The maximum Gasteiger partial charge on any atom is 0.278 e. The smallest absolute Gasteiger partial charge is 0.278 e. The van der Waals surface area contributed by atoms with Crippen LogP contribution < -0.4 is 4.90 Å². The summed E-state index contributed by atoms with van der Waals surface area (Å²) in [5.41, 5.74) is 2.06. The largest absolute Gasteiger partial charge is 0.309 e. The predicted octanol–water partition coefficient (Wildman–Crippen LogP) is 3.50. The first-order chi connectivity index (χ1) is 12.4. The summed E-state index contributed by atoms with van der Waals surface area (Å²) in [5, 5.41) is 4.75. The Labute approximate surface area is 168 Å². The van der Waals surface area contributed by atoms with Gasteiger partial charge in [0.2, 0.25) is 0 Å². The van der Waals surface area contributed by atoms with Crippen LogP contribution in [0.1, 0.15) is 22.5 Å². The fraction of sp³-hybridized carbons (Fsp3) is 0.389. The Bertz CT molecular complexity index is 920. The van der Waals surface area contributed by atoms with Crippen LogP contribution in [0.2, 0.25) is 0 Å². The summed E-state index contributed by atoms with van der Waals surface area (Å²) >= 11 is 1.33. The zero-order chi connectivity index (χ0) is 18.8. The molecule has 1 amide bonds. The minimum atomic E-state index is -0.305. The Balaban J connectivity index is 0.00000261. The van der Waals surface area contributed by atoms with Gasteiger partial charge in [0, 0.05) is 13.6 Å². The maximum absolute atomic E-state index is 13.5. The number of rotatable bonds is 6. The third kappa shape index (κ3) is 4.63. The van der Waals surface area contributed by atoms with Crippen molar-refractivity contribution in [3.8, 4) is 0 Å². The van der Waals surface area contributed by atoms with Crippen molar-refractivity contribution in [3.05, 3.63) is 41.5 Å². The zero-order valence-electron chi connectivity index (χ0n) is 15.8. The summed E-state index contributed by atoms with van der Waals surface area (Å²) in [6.07, 6.45) is 2.49. The lowest BCUT2D eigenvalue weighted by molar-refractivity contribution is 0.0976. The molecule has 3 aromatic rings. The van der Waals surface area contributed by atoms with Gasteiger partial charge in [-0.1, -0.05) is 11.3 Å². The molecule has 0 fully saturated rings. The number of halogens is 2. The molecule has 0 bridgehead atoms. The van der Waals surface area contributed by atoms with E-state index in [1.807, 2.05) is 21.0 Å². The molecule has 0 N–H and O–H groups in total. The molecule has 6 nitrogen and oxygen atoms in total. The van der Waals surface area contributed by atoms with Gasteiger partial charge < -0.3 is 4.90 Å². The summed E-state index contributed by atoms with van der Waals surface area (Å²) in [7, 11) is 5.75. The van der Waals surface area contributed by atoms with Crippen LogP contribution >= 0.6 is 23.7 Å². The molecule has 0 spiro atoms. The van der Waals surface area contributed by atoms with Crippen LogP contribution in [-0.4, -0.2) is 52.8 Å². The van der Waals surface area contributed by atoms with Gasteiger partial charge in [0.05, 0.1) is 16.4 Å². The van der Waals surface area contributed by atoms with E-state index in [-0.39, 0.29) is 24.1 Å². The fourth-order valence-electron chi connectivity index (χ4n) is 2.81. The molecular formula is C18H23ClFN5OS. The second-order valence-corrected chi connectivity index (χ2v) is 7.53. The van der Waals surface area contributed by atoms with Gasteiger partial charge in [-0.3, -0.25) is 14.4 Å². The summed E-state index contributed by atoms with van der Waals surface area (Å²) in [6.45, 7) is 3.25. The number of nitrogens with zero attached hydrogens (tertiary/aromatic N) is 5. The minimum absolute atomic E-state index is 0. The number of aromatic nitrogens is 3. The van der Waals surface area contributed by atoms with Crippen LogP contribution in [0.4, 0.5) is 9.52 Å². The number of thiazole rings is 1. The second-order valence-electron chi connectivity index (χ2n) is 6.52. The van der Waals surface area contributed by atoms with Crippen LogP contribution in [0.5, 0.6) is 0 Å². The number of benzene rings is 1. The fourth-order valence-corrected chi connectivity index (χ4v) is 3.83. The lowest BCUT2D eigenvalue weighted by Crippen LogP contribution is -2.35. The number of aryl methyl sites for hydroxylation is 2. The van der Waals surface area contributed by atoms with Crippen molar-refractivity contribution in [2.45, 2.75) is 13.3 Å². The molecule has 0 aliphatic rings. The van der Waals surface area contributed by atoms with Crippen molar-refractivity contribution >= 4 is 45.0 Å². The summed E-state index contributed by atoms with van der Waals surface area (Å²) < 4.78 is 15.8. The van der Waals surface area contributed by atoms with Crippen molar-refractivity contribution in [1.29, 1.82) is 0 Å². The van der Waals surface area contributed by atoms with E-state index in [2.05, 4.69) is 15.0 Å². The lowest BCUT2D eigenvalue weighted by Gasteiger charge is -2.21. The molecule has 3 rings (SSSR count). The quantitative estimate of drug-likeness (QED) is 0.623. The van der Waals surface area contributed by atoms with Crippen LogP contribution in [0, 0.1) is 12.7 Å². The third-order valence-corrected chi connectivity index (χ3v) is 5.17. The molecule has 0 saturated carbocycles. The first kappa shape index (κ1) is 21.3. The van der Waals surface area contributed by atoms with Gasteiger partial charge in [-0.2, -0.15) is 5.10 Å². The van der Waals surface area contributed by atoms with Gasteiger partial charge >= 0.3 is 0 Å². The Kier molecular flexibility index (Phi) is 6.91. The molecule has 146 valence electrons. The van der Waals surface area contributed by atoms with Gasteiger partial charge in [-0.25, -0.2) is 9.37 Å². The monoisotopic (exact) mass is 411 g/mol. The molecule has 0 aliphatic carbocycles. The molecule has 0 atom stereocenters. The molecule has 2 heterocycles. The number of hydrogen-bond donors (Lipinski definition) is 0. The van der Waals surface area contributed by atoms with Gasteiger partial charge in [0.15, 0.2) is 5.13 Å². The van der Waals surface area contributed by atoms with Crippen LogP contribution in [0.3, 0.4) is 0 Å². The Hall–Kier alpha value is -2.03. The van der Waals surface area contributed by atoms with E-state index in [0.29, 0.717) is 22.9 Å². The highest BCUT2D eigenvalue weighted by Crippen LogP contribution is 2.30. The zero-order valence-corrected chi connectivity index (χ0v) is 17.4. The van der Waals surface area contributed by atoms with Crippen molar-refractivity contribution in [2.24, 2.45) is 7.05 Å². The Morgan fingerprint density at radius 2 is 2.04 bits per heavy atom. The number of carbonyl (C=O) groups excluding carboxylic acids is 1. The van der Waals surface area contributed by atoms with E-state index in [1.165, 1.54) is 23.5 Å². The molecular weight excluding hydrogens is 389 g/mol. The average Bonchev–Trinajstić information content (AvgIpc) is 3.13. The average molecular weight is 412 g/mol. The highest BCUT2D eigenvalue weighted by molar-refractivity contribution is 7.22. The molecule has 9 heteroatoms. The number of carbonyl (C=O) groups is 1. The van der Waals surface area contributed by atoms with E-state index >= 15 is 0 Å². The summed E-state index contributed by atoms with van der Waals surface area (Å²) in [6, 6.07) is 4.48. The van der Waals surface area contributed by atoms with Crippen LogP contribution in [0.25, 0.3) is 10.2 Å². The normalized spacial score (nSPS) is 11.0. The SMILES string of the molecule is Cc1cnn(C)c1C(=O)N(CCCN(C)C)c1nc2ccc(F)cc2s1.Cl. The van der Waals surface area contributed by atoms with E-state index < -0.39 is 0 Å². The van der Waals surface area contributed by atoms with Crippen molar-refractivity contribution in [2.75, 3.05) is 32.1 Å². The molecule has 0 radical (unpaired) electrons. The van der Waals surface area contributed by atoms with Gasteiger partial charge in [0.1, 0.15) is 11.5 Å². The highest BCUT2D eigenvalue weighted by Gasteiger charge is 2.25. The minimum Gasteiger partial charge on any atom is -0.309 e. The topological polar surface area (TPSA) is 54.3 Å². The van der Waals surface area contributed by atoms with Crippen molar-refractivity contribution in [1.82, 2.24) is 19.7 Å². The molecule has 2 aromatic heterocycles. The van der Waals surface area contributed by atoms with Crippen molar-refractivity contribution in [3.63, 3.8) is 0 Å². The molecule has 27 heavy (non-hydrogen) atoms. The summed E-state index contributed by atoms with van der Waals surface area (Å²) in [5.74, 6) is -0.443. The third-order valence-electron chi connectivity index (χ3n) is 4.13. The van der Waals surface area contributed by atoms with E-state index in [9.17, 15) is 9.18 Å². The number of hydrogen-bond acceptors (Lipinski definition) is 5. The summed E-state index contributed by atoms with van der Waals surface area (Å²) in [4.78, 5) is 21.5. The van der Waals surface area contributed by atoms with Gasteiger partial charge in [-0.05, 0) is 57.7 Å².